The predicted molar refractivity (Wildman–Crippen MR) is 114 cm³/mol. The molecule has 1 aliphatic heterocycles. The van der Waals surface area contributed by atoms with Crippen molar-refractivity contribution in [1.29, 1.82) is 0 Å². The molecule has 1 amide bonds. The largest absolute Gasteiger partial charge is 0.349 e. The van der Waals surface area contributed by atoms with Gasteiger partial charge in [-0.2, -0.15) is 5.10 Å². The average Bonchev–Trinajstić information content (AvgIpc) is 3.26. The van der Waals surface area contributed by atoms with E-state index in [1.54, 1.807) is 24.4 Å². The molecule has 0 unspecified atom stereocenters. The van der Waals surface area contributed by atoms with E-state index >= 15 is 0 Å². The SMILES string of the molecule is O=C(NCCN1CCN(Cc2ccccc2)CC1)c1ccn(-c2cccc(F)c2)n1. The normalized spacial score (nSPS) is 15.2. The van der Waals surface area contributed by atoms with Gasteiger partial charge in [-0.25, -0.2) is 9.07 Å². The number of hydrogen-bond acceptors (Lipinski definition) is 4. The highest BCUT2D eigenvalue weighted by molar-refractivity contribution is 5.92. The van der Waals surface area contributed by atoms with E-state index in [0.717, 1.165) is 39.3 Å². The number of rotatable bonds is 7. The summed E-state index contributed by atoms with van der Waals surface area (Å²) in [7, 11) is 0. The summed E-state index contributed by atoms with van der Waals surface area (Å²) in [6.07, 6.45) is 1.66. The van der Waals surface area contributed by atoms with E-state index in [4.69, 9.17) is 0 Å². The Morgan fingerprint density at radius 1 is 0.967 bits per heavy atom. The van der Waals surface area contributed by atoms with Crippen molar-refractivity contribution in [2.45, 2.75) is 6.54 Å². The molecular formula is C23H26FN5O. The van der Waals surface area contributed by atoms with Gasteiger partial charge in [-0.1, -0.05) is 36.4 Å². The van der Waals surface area contributed by atoms with E-state index in [1.165, 1.54) is 22.4 Å². The molecule has 1 N–H and O–H groups in total. The fraction of sp³-hybridized carbons (Fsp3) is 0.304. The maximum Gasteiger partial charge on any atom is 0.271 e. The van der Waals surface area contributed by atoms with Crippen LogP contribution in [0.3, 0.4) is 0 Å². The van der Waals surface area contributed by atoms with Crippen LogP contribution in [0.1, 0.15) is 16.1 Å². The van der Waals surface area contributed by atoms with Crippen molar-refractivity contribution < 1.29 is 9.18 Å². The van der Waals surface area contributed by atoms with E-state index in [9.17, 15) is 9.18 Å². The lowest BCUT2D eigenvalue weighted by Crippen LogP contribution is -2.48. The summed E-state index contributed by atoms with van der Waals surface area (Å²) in [6, 6.07) is 18.3. The van der Waals surface area contributed by atoms with Gasteiger partial charge in [0.05, 0.1) is 5.69 Å². The highest BCUT2D eigenvalue weighted by Crippen LogP contribution is 2.10. The van der Waals surface area contributed by atoms with Crippen LogP contribution in [0.5, 0.6) is 0 Å². The number of benzene rings is 2. The predicted octanol–water partition coefficient (Wildman–Crippen LogP) is 2.56. The maximum absolute atomic E-state index is 13.4. The van der Waals surface area contributed by atoms with Crippen LogP contribution in [-0.4, -0.2) is 64.8 Å². The van der Waals surface area contributed by atoms with E-state index in [0.29, 0.717) is 17.9 Å². The van der Waals surface area contributed by atoms with Crippen LogP contribution < -0.4 is 5.32 Å². The van der Waals surface area contributed by atoms with Gasteiger partial charge in [0.1, 0.15) is 5.82 Å². The zero-order chi connectivity index (χ0) is 20.8. The Hall–Kier alpha value is -3.03. The van der Waals surface area contributed by atoms with Crippen molar-refractivity contribution in [2.75, 3.05) is 39.3 Å². The summed E-state index contributed by atoms with van der Waals surface area (Å²) < 4.78 is 14.9. The third kappa shape index (κ3) is 5.31. The molecule has 1 aromatic heterocycles. The lowest BCUT2D eigenvalue weighted by Gasteiger charge is -2.34. The van der Waals surface area contributed by atoms with Gasteiger partial charge >= 0.3 is 0 Å². The monoisotopic (exact) mass is 407 g/mol. The number of carbonyl (C=O) groups excluding carboxylic acids is 1. The molecule has 0 aliphatic carbocycles. The lowest BCUT2D eigenvalue weighted by atomic mass is 10.2. The number of nitrogens with one attached hydrogen (secondary N) is 1. The van der Waals surface area contributed by atoms with Crippen LogP contribution in [0.2, 0.25) is 0 Å². The summed E-state index contributed by atoms with van der Waals surface area (Å²) in [5, 5.41) is 7.18. The molecule has 2 heterocycles. The van der Waals surface area contributed by atoms with Crippen molar-refractivity contribution in [3.05, 3.63) is 83.9 Å². The minimum absolute atomic E-state index is 0.215. The summed E-state index contributed by atoms with van der Waals surface area (Å²) >= 11 is 0. The van der Waals surface area contributed by atoms with Gasteiger partial charge in [0.15, 0.2) is 5.69 Å². The van der Waals surface area contributed by atoms with Crippen LogP contribution >= 0.6 is 0 Å². The van der Waals surface area contributed by atoms with Crippen LogP contribution in [0.4, 0.5) is 4.39 Å². The highest BCUT2D eigenvalue weighted by atomic mass is 19.1. The van der Waals surface area contributed by atoms with Gasteiger partial charge < -0.3 is 5.32 Å². The molecule has 6 nitrogen and oxygen atoms in total. The molecule has 4 rings (SSSR count). The topological polar surface area (TPSA) is 53.4 Å². The number of halogens is 1. The van der Waals surface area contributed by atoms with Crippen molar-refractivity contribution in [2.24, 2.45) is 0 Å². The number of amides is 1. The van der Waals surface area contributed by atoms with E-state index in [1.807, 2.05) is 6.07 Å². The maximum atomic E-state index is 13.4. The molecule has 7 heteroatoms. The molecule has 3 aromatic rings. The zero-order valence-corrected chi connectivity index (χ0v) is 16.9. The minimum Gasteiger partial charge on any atom is -0.349 e. The Bertz CT molecular complexity index is 966. The van der Waals surface area contributed by atoms with Crippen molar-refractivity contribution >= 4 is 5.91 Å². The molecule has 0 atom stereocenters. The number of hydrogen-bond donors (Lipinski definition) is 1. The molecule has 30 heavy (non-hydrogen) atoms. The van der Waals surface area contributed by atoms with Crippen molar-refractivity contribution in [3.63, 3.8) is 0 Å². The quantitative estimate of drug-likeness (QED) is 0.654. The highest BCUT2D eigenvalue weighted by Gasteiger charge is 2.17. The molecule has 1 fully saturated rings. The second-order valence-electron chi connectivity index (χ2n) is 7.48. The molecule has 0 spiro atoms. The van der Waals surface area contributed by atoms with Gasteiger partial charge in [0.25, 0.3) is 5.91 Å². The Labute approximate surface area is 175 Å². The third-order valence-corrected chi connectivity index (χ3v) is 5.32. The lowest BCUT2D eigenvalue weighted by molar-refractivity contribution is 0.0929. The van der Waals surface area contributed by atoms with Gasteiger partial charge in [-0.3, -0.25) is 14.6 Å². The first-order valence-electron chi connectivity index (χ1n) is 10.3. The van der Waals surface area contributed by atoms with Crippen LogP contribution in [0.15, 0.2) is 66.9 Å². The summed E-state index contributed by atoms with van der Waals surface area (Å²) in [5.41, 5.74) is 2.25. The first-order chi connectivity index (χ1) is 14.7. The third-order valence-electron chi connectivity index (χ3n) is 5.32. The van der Waals surface area contributed by atoms with Crippen molar-refractivity contribution in [1.82, 2.24) is 24.9 Å². The van der Waals surface area contributed by atoms with E-state index in [-0.39, 0.29) is 11.7 Å². The first kappa shape index (κ1) is 20.3. The molecule has 2 aromatic carbocycles. The number of carbonyl (C=O) groups is 1. The number of nitrogens with zero attached hydrogens (tertiary/aromatic N) is 4. The van der Waals surface area contributed by atoms with Gasteiger partial charge in [0.2, 0.25) is 0 Å². The standard InChI is InChI=1S/C23H26FN5O/c24-20-7-4-8-21(17-20)29-11-9-22(26-29)23(30)25-10-12-27-13-15-28(16-14-27)18-19-5-2-1-3-6-19/h1-9,11,17H,10,12-16,18H2,(H,25,30). The first-order valence-corrected chi connectivity index (χ1v) is 10.3. The average molecular weight is 407 g/mol. The Balaban J connectivity index is 1.19. The summed E-state index contributed by atoms with van der Waals surface area (Å²) in [5.74, 6) is -0.550. The minimum atomic E-state index is -0.335. The van der Waals surface area contributed by atoms with Crippen molar-refractivity contribution in [3.8, 4) is 5.69 Å². The Kier molecular flexibility index (Phi) is 6.51. The molecule has 0 radical (unpaired) electrons. The van der Waals surface area contributed by atoms with Crippen LogP contribution in [0.25, 0.3) is 5.69 Å². The van der Waals surface area contributed by atoms with Gasteiger partial charge in [-0.05, 0) is 29.8 Å². The summed E-state index contributed by atoms with van der Waals surface area (Å²) in [6.45, 7) is 6.43. The fourth-order valence-electron chi connectivity index (χ4n) is 3.64. The number of piperazine rings is 1. The molecule has 156 valence electrons. The zero-order valence-electron chi connectivity index (χ0n) is 16.9. The fourth-order valence-corrected chi connectivity index (χ4v) is 3.64. The molecule has 1 aliphatic rings. The van der Waals surface area contributed by atoms with Crippen LogP contribution in [-0.2, 0) is 6.54 Å². The molecule has 0 saturated carbocycles. The Morgan fingerprint density at radius 2 is 1.73 bits per heavy atom. The van der Waals surface area contributed by atoms with Gasteiger partial charge in [-0.15, -0.1) is 0 Å². The second kappa shape index (κ2) is 9.65. The molecule has 0 bridgehead atoms. The second-order valence-corrected chi connectivity index (χ2v) is 7.48. The Morgan fingerprint density at radius 3 is 2.50 bits per heavy atom. The molecule has 1 saturated heterocycles. The summed E-state index contributed by atoms with van der Waals surface area (Å²) in [4.78, 5) is 17.2. The molecular weight excluding hydrogens is 381 g/mol. The van der Waals surface area contributed by atoms with E-state index in [2.05, 4.69) is 44.5 Å². The smallest absolute Gasteiger partial charge is 0.271 e. The van der Waals surface area contributed by atoms with Gasteiger partial charge in [0, 0.05) is 52.0 Å². The van der Waals surface area contributed by atoms with E-state index < -0.39 is 0 Å². The van der Waals surface area contributed by atoms with Crippen LogP contribution in [0, 0.1) is 5.82 Å². The number of aromatic nitrogens is 2.